The molecule has 2 N–H and O–H groups in total. The molecular weight excluding hydrogens is 355 g/mol. The van der Waals surface area contributed by atoms with Crippen LogP contribution in [0.5, 0.6) is 5.75 Å². The molecule has 0 saturated carbocycles. The summed E-state index contributed by atoms with van der Waals surface area (Å²) in [4.78, 5) is 11.9. The largest absolute Gasteiger partial charge is 0.495 e. The molecule has 0 atom stereocenters. The van der Waals surface area contributed by atoms with Crippen molar-refractivity contribution in [3.05, 3.63) is 52.1 Å². The average Bonchev–Trinajstić information content (AvgIpc) is 2.42. The van der Waals surface area contributed by atoms with Crippen molar-refractivity contribution in [2.45, 2.75) is 0 Å². The Labute approximate surface area is 125 Å². The summed E-state index contributed by atoms with van der Waals surface area (Å²) >= 11 is 2.17. The molecule has 0 aromatic heterocycles. The Morgan fingerprint density at radius 3 is 2.26 bits per heavy atom. The third-order valence-corrected chi connectivity index (χ3v) is 3.42. The highest BCUT2D eigenvalue weighted by Gasteiger charge is 2.07. The lowest BCUT2D eigenvalue weighted by atomic mass is 10.3. The number of nitrogens with one attached hydrogen (secondary N) is 2. The van der Waals surface area contributed by atoms with Gasteiger partial charge < -0.3 is 15.4 Å². The van der Waals surface area contributed by atoms with Crippen LogP contribution in [0.3, 0.4) is 0 Å². The number of hydrogen-bond donors (Lipinski definition) is 2. The quantitative estimate of drug-likeness (QED) is 0.807. The molecule has 5 heteroatoms. The maximum absolute atomic E-state index is 11.9. The van der Waals surface area contributed by atoms with Crippen molar-refractivity contribution in [3.8, 4) is 5.75 Å². The number of methoxy groups -OCH3 is 1. The van der Waals surface area contributed by atoms with Crippen molar-refractivity contribution >= 4 is 40.0 Å². The van der Waals surface area contributed by atoms with Gasteiger partial charge in [0.1, 0.15) is 5.75 Å². The molecule has 0 bridgehead atoms. The fourth-order valence-corrected chi connectivity index (χ4v) is 2.11. The number of anilines is 2. The van der Waals surface area contributed by atoms with Crippen molar-refractivity contribution in [3.63, 3.8) is 0 Å². The summed E-state index contributed by atoms with van der Waals surface area (Å²) in [6.07, 6.45) is 0. The normalized spacial score (nSPS) is 9.79. The van der Waals surface area contributed by atoms with E-state index in [4.69, 9.17) is 4.74 Å². The fourth-order valence-electron chi connectivity index (χ4n) is 1.59. The van der Waals surface area contributed by atoms with Gasteiger partial charge in [-0.25, -0.2) is 4.79 Å². The molecule has 4 nitrogen and oxygen atoms in total. The number of para-hydroxylation sites is 3. The van der Waals surface area contributed by atoms with E-state index in [0.29, 0.717) is 11.4 Å². The molecule has 0 unspecified atom stereocenters. The number of amides is 2. The molecule has 0 heterocycles. The van der Waals surface area contributed by atoms with Crippen molar-refractivity contribution < 1.29 is 9.53 Å². The Bertz CT molecular complexity index is 587. The van der Waals surface area contributed by atoms with Crippen LogP contribution in [0.1, 0.15) is 0 Å². The van der Waals surface area contributed by atoms with E-state index in [1.54, 1.807) is 19.2 Å². The summed E-state index contributed by atoms with van der Waals surface area (Å²) in [5.41, 5.74) is 1.41. The monoisotopic (exact) mass is 368 g/mol. The summed E-state index contributed by atoms with van der Waals surface area (Å²) in [5.74, 6) is 0.625. The Kier molecular flexibility index (Phi) is 4.62. The smallest absolute Gasteiger partial charge is 0.323 e. The van der Waals surface area contributed by atoms with E-state index < -0.39 is 0 Å². The number of rotatable bonds is 3. The Balaban J connectivity index is 2.08. The lowest BCUT2D eigenvalue weighted by Crippen LogP contribution is -2.20. The van der Waals surface area contributed by atoms with Crippen molar-refractivity contribution in [2.75, 3.05) is 17.7 Å². The van der Waals surface area contributed by atoms with Crippen molar-refractivity contribution in [1.29, 1.82) is 0 Å². The summed E-state index contributed by atoms with van der Waals surface area (Å²) in [6, 6.07) is 14.5. The van der Waals surface area contributed by atoms with Gasteiger partial charge in [-0.15, -0.1) is 0 Å². The molecule has 98 valence electrons. The second-order valence-corrected chi connectivity index (χ2v) is 4.92. The maximum Gasteiger partial charge on any atom is 0.323 e. The summed E-state index contributed by atoms with van der Waals surface area (Å²) in [7, 11) is 1.57. The molecule has 0 spiro atoms. The number of urea groups is 1. The van der Waals surface area contributed by atoms with Crippen LogP contribution in [0.4, 0.5) is 16.2 Å². The van der Waals surface area contributed by atoms with E-state index in [2.05, 4.69) is 33.2 Å². The standard InChI is InChI=1S/C14H13IN2O2/c1-19-13-9-5-4-8-12(13)17-14(18)16-11-7-3-2-6-10(11)15/h2-9H,1H3,(H2,16,17,18). The maximum atomic E-state index is 11.9. The van der Waals surface area contributed by atoms with Crippen LogP contribution < -0.4 is 15.4 Å². The van der Waals surface area contributed by atoms with Gasteiger partial charge in [-0.05, 0) is 46.9 Å². The minimum absolute atomic E-state index is 0.298. The minimum atomic E-state index is -0.298. The number of benzene rings is 2. The van der Waals surface area contributed by atoms with Crippen LogP contribution in [0.2, 0.25) is 0 Å². The first-order chi connectivity index (χ1) is 9.20. The predicted octanol–water partition coefficient (Wildman–Crippen LogP) is 3.94. The van der Waals surface area contributed by atoms with E-state index in [1.807, 2.05) is 36.4 Å². The molecule has 0 saturated heterocycles. The highest BCUT2D eigenvalue weighted by molar-refractivity contribution is 14.1. The van der Waals surface area contributed by atoms with Gasteiger partial charge in [-0.2, -0.15) is 0 Å². The molecule has 2 rings (SSSR count). The van der Waals surface area contributed by atoms with Crippen LogP contribution in [0.25, 0.3) is 0 Å². The lowest BCUT2D eigenvalue weighted by molar-refractivity contribution is 0.262. The number of ether oxygens (including phenoxy) is 1. The van der Waals surface area contributed by atoms with Gasteiger partial charge in [0.25, 0.3) is 0 Å². The zero-order valence-corrected chi connectivity index (χ0v) is 12.5. The summed E-state index contributed by atoms with van der Waals surface area (Å²) in [6.45, 7) is 0. The zero-order chi connectivity index (χ0) is 13.7. The third kappa shape index (κ3) is 3.60. The van der Waals surface area contributed by atoms with Gasteiger partial charge in [0, 0.05) is 3.57 Å². The molecule has 2 amide bonds. The second-order valence-electron chi connectivity index (χ2n) is 3.76. The Morgan fingerprint density at radius 2 is 1.58 bits per heavy atom. The van der Waals surface area contributed by atoms with Gasteiger partial charge in [0.15, 0.2) is 0 Å². The average molecular weight is 368 g/mol. The van der Waals surface area contributed by atoms with Crippen LogP contribution in [0.15, 0.2) is 48.5 Å². The minimum Gasteiger partial charge on any atom is -0.495 e. The molecule has 0 aliphatic carbocycles. The first-order valence-corrected chi connectivity index (χ1v) is 6.74. The number of halogens is 1. The number of carbonyl (C=O) groups excluding carboxylic acids is 1. The van der Waals surface area contributed by atoms with Crippen LogP contribution in [-0.4, -0.2) is 13.1 Å². The highest BCUT2D eigenvalue weighted by atomic mass is 127. The first-order valence-electron chi connectivity index (χ1n) is 5.66. The molecule has 0 fully saturated rings. The zero-order valence-electron chi connectivity index (χ0n) is 10.3. The van der Waals surface area contributed by atoms with Crippen LogP contribution in [0, 0.1) is 3.57 Å². The molecule has 19 heavy (non-hydrogen) atoms. The first kappa shape index (κ1) is 13.7. The van der Waals surface area contributed by atoms with E-state index in [-0.39, 0.29) is 6.03 Å². The molecule has 2 aromatic rings. The SMILES string of the molecule is COc1ccccc1NC(=O)Nc1ccccc1I. The summed E-state index contributed by atoms with van der Waals surface area (Å²) < 4.78 is 6.16. The van der Waals surface area contributed by atoms with E-state index in [0.717, 1.165) is 9.26 Å². The Hall–Kier alpha value is -1.76. The Morgan fingerprint density at radius 1 is 1.00 bits per heavy atom. The number of hydrogen-bond acceptors (Lipinski definition) is 2. The molecular formula is C14H13IN2O2. The van der Waals surface area contributed by atoms with Crippen molar-refractivity contribution in [2.24, 2.45) is 0 Å². The topological polar surface area (TPSA) is 50.4 Å². The summed E-state index contributed by atoms with van der Waals surface area (Å²) in [5, 5.41) is 5.56. The van der Waals surface area contributed by atoms with E-state index >= 15 is 0 Å². The van der Waals surface area contributed by atoms with Crippen LogP contribution >= 0.6 is 22.6 Å². The lowest BCUT2D eigenvalue weighted by Gasteiger charge is -2.11. The number of carbonyl (C=O) groups is 1. The van der Waals surface area contributed by atoms with E-state index in [1.165, 1.54) is 0 Å². The van der Waals surface area contributed by atoms with Gasteiger partial charge in [-0.3, -0.25) is 0 Å². The second kappa shape index (κ2) is 6.42. The molecule has 0 aliphatic rings. The van der Waals surface area contributed by atoms with Gasteiger partial charge >= 0.3 is 6.03 Å². The van der Waals surface area contributed by atoms with Gasteiger partial charge in [-0.1, -0.05) is 24.3 Å². The van der Waals surface area contributed by atoms with Crippen LogP contribution in [-0.2, 0) is 0 Å². The molecule has 0 aliphatic heterocycles. The van der Waals surface area contributed by atoms with Gasteiger partial charge in [0.05, 0.1) is 18.5 Å². The predicted molar refractivity (Wildman–Crippen MR) is 84.8 cm³/mol. The molecule has 2 aromatic carbocycles. The highest BCUT2D eigenvalue weighted by Crippen LogP contribution is 2.23. The van der Waals surface area contributed by atoms with E-state index in [9.17, 15) is 4.79 Å². The fraction of sp³-hybridized carbons (Fsp3) is 0.0714. The third-order valence-electron chi connectivity index (χ3n) is 2.48. The van der Waals surface area contributed by atoms with Gasteiger partial charge in [0.2, 0.25) is 0 Å². The molecule has 0 radical (unpaired) electrons. The van der Waals surface area contributed by atoms with Crippen molar-refractivity contribution in [1.82, 2.24) is 0 Å².